The van der Waals surface area contributed by atoms with Crippen molar-refractivity contribution in [3.63, 3.8) is 0 Å². The van der Waals surface area contributed by atoms with E-state index in [1.165, 1.54) is 0 Å². The van der Waals surface area contributed by atoms with Gasteiger partial charge >= 0.3 is 0 Å². The maximum atomic E-state index is 12.7. The fraction of sp³-hybridized carbons (Fsp3) is 0.364. The number of rotatable bonds is 8. The predicted molar refractivity (Wildman–Crippen MR) is 106 cm³/mol. The Morgan fingerprint density at radius 1 is 0.741 bits per heavy atom. The van der Waals surface area contributed by atoms with Gasteiger partial charge in [0.05, 0.1) is 10.8 Å². The van der Waals surface area contributed by atoms with Crippen LogP contribution in [0, 0.1) is 10.8 Å². The zero-order chi connectivity index (χ0) is 19.3. The first-order valence-corrected chi connectivity index (χ1v) is 9.39. The number of nitrogens with two attached hydrogens (primary N) is 2. The molecule has 3 rings (SSSR count). The van der Waals surface area contributed by atoms with Crippen molar-refractivity contribution in [2.45, 2.75) is 25.7 Å². The van der Waals surface area contributed by atoms with E-state index < -0.39 is 22.6 Å². The normalized spacial score (nSPS) is 24.6. The number of amides is 2. The summed E-state index contributed by atoms with van der Waals surface area (Å²) in [5.41, 5.74) is 12.1. The molecule has 2 atom stereocenters. The van der Waals surface area contributed by atoms with Crippen LogP contribution >= 0.6 is 0 Å². The molecule has 0 aliphatic carbocycles. The highest BCUT2D eigenvalue weighted by Crippen LogP contribution is 2.49. The lowest BCUT2D eigenvalue weighted by Crippen LogP contribution is -2.57. The number of hydrogen-bond acceptors (Lipinski definition) is 3. The molecule has 1 heterocycles. The van der Waals surface area contributed by atoms with Gasteiger partial charge in [0.1, 0.15) is 0 Å². The Morgan fingerprint density at radius 3 is 1.44 bits per heavy atom. The van der Waals surface area contributed by atoms with Gasteiger partial charge < -0.3 is 16.8 Å². The molecule has 5 heteroatoms. The second-order valence-corrected chi connectivity index (χ2v) is 7.47. The highest BCUT2D eigenvalue weighted by Gasteiger charge is 2.61. The minimum Gasteiger partial charge on any atom is -0.369 e. The third-order valence-corrected chi connectivity index (χ3v) is 6.08. The Hall–Kier alpha value is -2.66. The van der Waals surface area contributed by atoms with Crippen LogP contribution in [0.5, 0.6) is 0 Å². The van der Waals surface area contributed by atoms with Crippen molar-refractivity contribution < 1.29 is 9.59 Å². The summed E-state index contributed by atoms with van der Waals surface area (Å²) < 4.78 is 0. The SMILES string of the molecule is NC(=O)C1(CCc2ccccc2)CNCC1(CCc1ccccc1)C(N)=O. The lowest BCUT2D eigenvalue weighted by Gasteiger charge is -2.41. The molecule has 1 aliphatic heterocycles. The van der Waals surface area contributed by atoms with Gasteiger partial charge in [0, 0.05) is 13.1 Å². The van der Waals surface area contributed by atoms with Crippen molar-refractivity contribution in [3.05, 3.63) is 71.8 Å². The van der Waals surface area contributed by atoms with E-state index in [-0.39, 0.29) is 0 Å². The zero-order valence-electron chi connectivity index (χ0n) is 15.5. The van der Waals surface area contributed by atoms with E-state index in [0.29, 0.717) is 38.8 Å². The van der Waals surface area contributed by atoms with Gasteiger partial charge in [0.25, 0.3) is 0 Å². The second kappa shape index (κ2) is 7.92. The quantitative estimate of drug-likeness (QED) is 0.665. The molecular formula is C22H27N3O2. The molecule has 2 amide bonds. The number of carbonyl (C=O) groups is 2. The Bertz CT molecular complexity index is 726. The predicted octanol–water partition coefficient (Wildman–Crippen LogP) is 1.80. The summed E-state index contributed by atoms with van der Waals surface area (Å²) in [6.07, 6.45) is 2.34. The van der Waals surface area contributed by atoms with E-state index in [0.717, 1.165) is 11.1 Å². The third kappa shape index (κ3) is 3.60. The first kappa shape index (κ1) is 19.1. The summed E-state index contributed by atoms with van der Waals surface area (Å²) >= 11 is 0. The van der Waals surface area contributed by atoms with Crippen molar-refractivity contribution in [2.24, 2.45) is 22.3 Å². The van der Waals surface area contributed by atoms with Crippen LogP contribution in [0.1, 0.15) is 24.0 Å². The lowest BCUT2D eigenvalue weighted by atomic mass is 9.59. The smallest absolute Gasteiger partial charge is 0.226 e. The molecule has 0 saturated carbocycles. The monoisotopic (exact) mass is 365 g/mol. The molecule has 2 aromatic carbocycles. The minimum atomic E-state index is -0.983. The fourth-order valence-corrected chi connectivity index (χ4v) is 4.38. The molecule has 2 aromatic rings. The van der Waals surface area contributed by atoms with Gasteiger partial charge in [0.15, 0.2) is 0 Å². The number of primary amides is 2. The molecule has 0 aromatic heterocycles. The van der Waals surface area contributed by atoms with Crippen LogP contribution in [-0.2, 0) is 22.4 Å². The number of nitrogens with one attached hydrogen (secondary N) is 1. The Balaban J connectivity index is 1.89. The molecule has 1 saturated heterocycles. The molecule has 1 aliphatic rings. The summed E-state index contributed by atoms with van der Waals surface area (Å²) in [7, 11) is 0. The van der Waals surface area contributed by atoms with Crippen molar-refractivity contribution in [2.75, 3.05) is 13.1 Å². The van der Waals surface area contributed by atoms with E-state index in [9.17, 15) is 9.59 Å². The third-order valence-electron chi connectivity index (χ3n) is 6.08. The number of benzene rings is 2. The molecular weight excluding hydrogens is 338 g/mol. The fourth-order valence-electron chi connectivity index (χ4n) is 4.38. The van der Waals surface area contributed by atoms with E-state index in [2.05, 4.69) is 5.32 Å². The molecule has 0 spiro atoms. The van der Waals surface area contributed by atoms with Crippen molar-refractivity contribution in [1.82, 2.24) is 5.32 Å². The maximum absolute atomic E-state index is 12.7. The first-order valence-electron chi connectivity index (χ1n) is 9.39. The average Bonchev–Trinajstić information content (AvgIpc) is 3.07. The molecule has 2 unspecified atom stereocenters. The van der Waals surface area contributed by atoms with E-state index in [1.807, 2.05) is 60.7 Å². The van der Waals surface area contributed by atoms with Crippen LogP contribution in [0.4, 0.5) is 0 Å². The summed E-state index contributed by atoms with van der Waals surface area (Å²) in [5, 5.41) is 3.24. The molecule has 142 valence electrons. The zero-order valence-corrected chi connectivity index (χ0v) is 15.5. The van der Waals surface area contributed by atoms with E-state index in [4.69, 9.17) is 11.5 Å². The van der Waals surface area contributed by atoms with E-state index in [1.54, 1.807) is 0 Å². The average molecular weight is 365 g/mol. The van der Waals surface area contributed by atoms with Crippen LogP contribution in [0.25, 0.3) is 0 Å². The summed E-state index contributed by atoms with van der Waals surface area (Å²) in [4.78, 5) is 25.3. The Labute approximate surface area is 160 Å². The summed E-state index contributed by atoms with van der Waals surface area (Å²) in [6.45, 7) is 0.764. The second-order valence-electron chi connectivity index (χ2n) is 7.47. The van der Waals surface area contributed by atoms with Crippen LogP contribution in [0.2, 0.25) is 0 Å². The Morgan fingerprint density at radius 2 is 1.11 bits per heavy atom. The molecule has 1 fully saturated rings. The van der Waals surface area contributed by atoms with Crippen molar-refractivity contribution in [1.29, 1.82) is 0 Å². The van der Waals surface area contributed by atoms with Gasteiger partial charge in [0.2, 0.25) is 11.8 Å². The minimum absolute atomic E-state index is 0.382. The molecule has 5 N–H and O–H groups in total. The van der Waals surface area contributed by atoms with E-state index >= 15 is 0 Å². The Kier molecular flexibility index (Phi) is 5.61. The maximum Gasteiger partial charge on any atom is 0.226 e. The van der Waals surface area contributed by atoms with Crippen LogP contribution in [0.3, 0.4) is 0 Å². The highest BCUT2D eigenvalue weighted by molar-refractivity contribution is 5.93. The lowest BCUT2D eigenvalue weighted by molar-refractivity contribution is -0.145. The van der Waals surface area contributed by atoms with Crippen LogP contribution in [-0.4, -0.2) is 24.9 Å². The first-order chi connectivity index (χ1) is 13.0. The van der Waals surface area contributed by atoms with Gasteiger partial charge in [-0.15, -0.1) is 0 Å². The molecule has 0 bridgehead atoms. The van der Waals surface area contributed by atoms with Gasteiger partial charge in [-0.2, -0.15) is 0 Å². The highest BCUT2D eigenvalue weighted by atomic mass is 16.2. The number of hydrogen-bond donors (Lipinski definition) is 3. The summed E-state index contributed by atoms with van der Waals surface area (Å²) in [6, 6.07) is 19.9. The molecule has 5 nitrogen and oxygen atoms in total. The molecule has 27 heavy (non-hydrogen) atoms. The van der Waals surface area contributed by atoms with Gasteiger partial charge in [-0.05, 0) is 36.8 Å². The van der Waals surface area contributed by atoms with Crippen molar-refractivity contribution in [3.8, 4) is 0 Å². The largest absolute Gasteiger partial charge is 0.369 e. The topological polar surface area (TPSA) is 98.2 Å². The number of carbonyl (C=O) groups excluding carboxylic acids is 2. The number of aryl methyl sites for hydroxylation is 2. The van der Waals surface area contributed by atoms with Crippen LogP contribution in [0.15, 0.2) is 60.7 Å². The van der Waals surface area contributed by atoms with Crippen LogP contribution < -0.4 is 16.8 Å². The molecule has 0 radical (unpaired) electrons. The summed E-state index contributed by atoms with van der Waals surface area (Å²) in [5.74, 6) is -0.898. The standard InChI is InChI=1S/C22H27N3O2/c23-19(26)21(13-11-17-7-3-1-4-8-17)15-25-16-22(21,20(24)27)14-12-18-9-5-2-6-10-18/h1-10,25H,11-16H2,(H2,23,26)(H2,24,27). The van der Waals surface area contributed by atoms with Gasteiger partial charge in [-0.1, -0.05) is 60.7 Å². The van der Waals surface area contributed by atoms with Gasteiger partial charge in [-0.25, -0.2) is 0 Å². The van der Waals surface area contributed by atoms with Crippen molar-refractivity contribution >= 4 is 11.8 Å². The van der Waals surface area contributed by atoms with Gasteiger partial charge in [-0.3, -0.25) is 9.59 Å².